The molecule has 0 unspecified atom stereocenters. The van der Waals surface area contributed by atoms with Crippen molar-refractivity contribution < 1.29 is 14.6 Å². The van der Waals surface area contributed by atoms with Gasteiger partial charge in [-0.1, -0.05) is 30.3 Å². The number of aliphatic hydroxyl groups is 1. The Kier molecular flexibility index (Phi) is 3.17. The monoisotopic (exact) mass is 282 g/mol. The van der Waals surface area contributed by atoms with Gasteiger partial charge in [-0.15, -0.1) is 0 Å². The number of hydrogen-bond donors (Lipinski definition) is 1. The largest absolute Gasteiger partial charge is 0.457 e. The molecule has 1 saturated heterocycles. The van der Waals surface area contributed by atoms with E-state index in [1.807, 2.05) is 54.6 Å². The maximum Gasteiger partial charge on any atom is 0.127 e. The second kappa shape index (κ2) is 5.17. The zero-order valence-corrected chi connectivity index (χ0v) is 11.7. The average molecular weight is 282 g/mol. The molecule has 1 aliphatic heterocycles. The van der Waals surface area contributed by atoms with Gasteiger partial charge < -0.3 is 14.6 Å². The van der Waals surface area contributed by atoms with Gasteiger partial charge in [0.05, 0.1) is 18.3 Å². The smallest absolute Gasteiger partial charge is 0.127 e. The van der Waals surface area contributed by atoms with Crippen molar-refractivity contribution in [2.45, 2.75) is 31.2 Å². The van der Waals surface area contributed by atoms with Crippen LogP contribution in [0.3, 0.4) is 0 Å². The van der Waals surface area contributed by atoms with Crippen LogP contribution in [0.2, 0.25) is 0 Å². The van der Waals surface area contributed by atoms with Crippen LogP contribution in [0.5, 0.6) is 11.5 Å². The molecular formula is C18H18O3. The highest BCUT2D eigenvalue weighted by atomic mass is 16.6. The molecule has 4 atom stereocenters. The Labute approximate surface area is 124 Å². The molecular weight excluding hydrogens is 264 g/mol. The molecule has 2 aromatic carbocycles. The maximum atomic E-state index is 10.4. The van der Waals surface area contributed by atoms with E-state index in [0.29, 0.717) is 18.1 Å². The summed E-state index contributed by atoms with van der Waals surface area (Å²) < 4.78 is 11.2. The summed E-state index contributed by atoms with van der Waals surface area (Å²) in [6.45, 7) is 0. The molecule has 1 saturated carbocycles. The topological polar surface area (TPSA) is 42.0 Å². The minimum atomic E-state index is -0.396. The number of para-hydroxylation sites is 1. The van der Waals surface area contributed by atoms with Gasteiger partial charge in [-0.25, -0.2) is 0 Å². The van der Waals surface area contributed by atoms with E-state index < -0.39 is 6.10 Å². The molecule has 4 rings (SSSR count). The Morgan fingerprint density at radius 1 is 0.905 bits per heavy atom. The summed E-state index contributed by atoms with van der Waals surface area (Å²) in [5.41, 5.74) is 0.960. The Hall–Kier alpha value is -1.84. The van der Waals surface area contributed by atoms with Crippen LogP contribution in [0.15, 0.2) is 54.6 Å². The molecule has 21 heavy (non-hydrogen) atoms. The maximum absolute atomic E-state index is 10.4. The standard InChI is InChI=1S/C18H18O3/c19-18(13-10-16-17(11-13)21-16)12-6-8-15(9-7-12)20-14-4-2-1-3-5-14/h1-9,13,16-19H,10-11H2/t13-,16-,17+,18-/m0/s1. The number of benzene rings is 2. The number of aliphatic hydroxyl groups excluding tert-OH is 1. The normalized spacial score (nSPS) is 28.0. The third-order valence-electron chi connectivity index (χ3n) is 4.40. The quantitative estimate of drug-likeness (QED) is 0.870. The predicted octanol–water partition coefficient (Wildman–Crippen LogP) is 3.69. The highest BCUT2D eigenvalue weighted by Crippen LogP contribution is 2.47. The molecule has 2 aliphatic rings. The SMILES string of the molecule is O[C@@H](c1ccc(Oc2ccccc2)cc1)[C@H]1C[C@@H]2O[C@@H]2C1. The molecule has 0 aromatic heterocycles. The van der Waals surface area contributed by atoms with E-state index in [1.54, 1.807) is 0 Å². The van der Waals surface area contributed by atoms with Crippen molar-refractivity contribution in [2.75, 3.05) is 0 Å². The Morgan fingerprint density at radius 3 is 2.19 bits per heavy atom. The Morgan fingerprint density at radius 2 is 1.52 bits per heavy atom. The fourth-order valence-electron chi connectivity index (χ4n) is 3.17. The van der Waals surface area contributed by atoms with Crippen LogP contribution < -0.4 is 4.74 Å². The number of rotatable bonds is 4. The van der Waals surface area contributed by atoms with E-state index in [0.717, 1.165) is 29.9 Å². The van der Waals surface area contributed by atoms with Crippen molar-refractivity contribution in [1.82, 2.24) is 0 Å². The first-order valence-electron chi connectivity index (χ1n) is 7.46. The van der Waals surface area contributed by atoms with Crippen molar-refractivity contribution in [3.63, 3.8) is 0 Å². The van der Waals surface area contributed by atoms with Gasteiger partial charge in [0.15, 0.2) is 0 Å². The Bertz CT molecular complexity index is 598. The lowest BCUT2D eigenvalue weighted by Crippen LogP contribution is -2.11. The van der Waals surface area contributed by atoms with Gasteiger partial charge in [-0.05, 0) is 48.6 Å². The third kappa shape index (κ3) is 2.67. The van der Waals surface area contributed by atoms with Gasteiger partial charge >= 0.3 is 0 Å². The fraction of sp³-hybridized carbons (Fsp3) is 0.333. The predicted molar refractivity (Wildman–Crippen MR) is 79.3 cm³/mol. The zero-order chi connectivity index (χ0) is 14.2. The lowest BCUT2D eigenvalue weighted by molar-refractivity contribution is 0.0866. The minimum absolute atomic E-state index is 0.328. The first kappa shape index (κ1) is 12.9. The summed E-state index contributed by atoms with van der Waals surface area (Å²) in [5, 5.41) is 10.4. The molecule has 0 amide bonds. The van der Waals surface area contributed by atoms with Crippen molar-refractivity contribution in [2.24, 2.45) is 5.92 Å². The number of ether oxygens (including phenoxy) is 2. The van der Waals surface area contributed by atoms with Gasteiger partial charge in [0.1, 0.15) is 11.5 Å². The van der Waals surface area contributed by atoms with Crippen LogP contribution >= 0.6 is 0 Å². The van der Waals surface area contributed by atoms with Crippen LogP contribution in [-0.2, 0) is 4.74 Å². The molecule has 1 heterocycles. The zero-order valence-electron chi connectivity index (χ0n) is 11.7. The average Bonchev–Trinajstić information content (AvgIpc) is 3.14. The number of fused-ring (bicyclic) bond motifs is 1. The summed E-state index contributed by atoms with van der Waals surface area (Å²) in [5.74, 6) is 1.93. The van der Waals surface area contributed by atoms with Gasteiger partial charge in [0.25, 0.3) is 0 Å². The molecule has 2 aromatic rings. The first-order chi connectivity index (χ1) is 10.3. The summed E-state index contributed by atoms with van der Waals surface area (Å²) in [7, 11) is 0. The van der Waals surface area contributed by atoms with Crippen molar-refractivity contribution in [3.05, 3.63) is 60.2 Å². The van der Waals surface area contributed by atoms with Crippen LogP contribution in [-0.4, -0.2) is 17.3 Å². The molecule has 1 aliphatic carbocycles. The van der Waals surface area contributed by atoms with Gasteiger partial charge in [-0.3, -0.25) is 0 Å². The summed E-state index contributed by atoms with van der Waals surface area (Å²) in [6, 6.07) is 17.4. The lowest BCUT2D eigenvalue weighted by atomic mass is 9.94. The highest BCUT2D eigenvalue weighted by molar-refractivity contribution is 5.33. The first-order valence-corrected chi connectivity index (χ1v) is 7.46. The Balaban J connectivity index is 1.43. The number of hydrogen-bond acceptors (Lipinski definition) is 3. The van der Waals surface area contributed by atoms with Crippen molar-refractivity contribution >= 4 is 0 Å². The van der Waals surface area contributed by atoms with E-state index >= 15 is 0 Å². The third-order valence-corrected chi connectivity index (χ3v) is 4.40. The van der Waals surface area contributed by atoms with Crippen molar-refractivity contribution in [3.8, 4) is 11.5 Å². The summed E-state index contributed by atoms with van der Waals surface area (Å²) in [4.78, 5) is 0. The van der Waals surface area contributed by atoms with E-state index in [-0.39, 0.29) is 0 Å². The van der Waals surface area contributed by atoms with E-state index in [1.165, 1.54) is 0 Å². The van der Waals surface area contributed by atoms with Crippen LogP contribution in [0.1, 0.15) is 24.5 Å². The molecule has 0 bridgehead atoms. The molecule has 1 N–H and O–H groups in total. The molecule has 108 valence electrons. The number of epoxide rings is 1. The summed E-state index contributed by atoms with van der Waals surface area (Å²) in [6.07, 6.45) is 2.38. The molecule has 0 spiro atoms. The molecule has 0 radical (unpaired) electrons. The molecule has 3 heteroatoms. The van der Waals surface area contributed by atoms with E-state index in [9.17, 15) is 5.11 Å². The van der Waals surface area contributed by atoms with Crippen LogP contribution in [0.25, 0.3) is 0 Å². The van der Waals surface area contributed by atoms with Gasteiger partial charge in [0.2, 0.25) is 0 Å². The van der Waals surface area contributed by atoms with Crippen LogP contribution in [0, 0.1) is 5.92 Å². The second-order valence-corrected chi connectivity index (χ2v) is 5.87. The lowest BCUT2D eigenvalue weighted by Gasteiger charge is -2.19. The molecule has 3 nitrogen and oxygen atoms in total. The second-order valence-electron chi connectivity index (χ2n) is 5.87. The highest BCUT2D eigenvalue weighted by Gasteiger charge is 2.49. The van der Waals surface area contributed by atoms with Crippen molar-refractivity contribution in [1.29, 1.82) is 0 Å². The minimum Gasteiger partial charge on any atom is -0.457 e. The van der Waals surface area contributed by atoms with Crippen LogP contribution in [0.4, 0.5) is 0 Å². The summed E-state index contributed by atoms with van der Waals surface area (Å²) >= 11 is 0. The van der Waals surface area contributed by atoms with Gasteiger partial charge in [-0.2, -0.15) is 0 Å². The molecule has 2 fully saturated rings. The van der Waals surface area contributed by atoms with E-state index in [2.05, 4.69) is 0 Å². The fourth-order valence-corrected chi connectivity index (χ4v) is 3.17. The van der Waals surface area contributed by atoms with Gasteiger partial charge in [0, 0.05) is 0 Å². The van der Waals surface area contributed by atoms with E-state index in [4.69, 9.17) is 9.47 Å².